The zero-order valence-corrected chi connectivity index (χ0v) is 15.1. The molecular formula is C18H14N4O2S2. The van der Waals surface area contributed by atoms with Gasteiger partial charge in [-0.05, 0) is 47.2 Å². The molecule has 0 fully saturated rings. The molecule has 0 spiro atoms. The molecule has 26 heavy (non-hydrogen) atoms. The maximum atomic E-state index is 12.0. The van der Waals surface area contributed by atoms with Gasteiger partial charge in [0, 0.05) is 20.9 Å². The van der Waals surface area contributed by atoms with Crippen molar-refractivity contribution < 1.29 is 9.59 Å². The van der Waals surface area contributed by atoms with Gasteiger partial charge in [-0.15, -0.1) is 22.7 Å². The first-order valence-electron chi connectivity index (χ1n) is 7.56. The third-order valence-electron chi connectivity index (χ3n) is 3.21. The summed E-state index contributed by atoms with van der Waals surface area (Å²) in [5, 5.41) is 11.7. The van der Waals surface area contributed by atoms with E-state index in [1.807, 2.05) is 35.0 Å². The number of rotatable bonds is 6. The zero-order valence-electron chi connectivity index (χ0n) is 13.5. The molecule has 1 aromatic carbocycles. The van der Waals surface area contributed by atoms with Gasteiger partial charge in [-0.3, -0.25) is 9.59 Å². The van der Waals surface area contributed by atoms with Crippen LogP contribution in [0.15, 0.2) is 69.5 Å². The molecule has 0 bridgehead atoms. The SMILES string of the molecule is O=C(N/N=C\c1cccs1)c1ccc(C(=O)N/N=C\c2cccs2)cc1. The van der Waals surface area contributed by atoms with Crippen LogP contribution in [-0.4, -0.2) is 24.2 Å². The van der Waals surface area contributed by atoms with Crippen LogP contribution in [0.4, 0.5) is 0 Å². The van der Waals surface area contributed by atoms with Crippen molar-refractivity contribution in [2.45, 2.75) is 0 Å². The van der Waals surface area contributed by atoms with E-state index in [4.69, 9.17) is 0 Å². The van der Waals surface area contributed by atoms with E-state index in [1.165, 1.54) is 22.7 Å². The number of benzene rings is 1. The highest BCUT2D eigenvalue weighted by Gasteiger charge is 2.08. The second kappa shape index (κ2) is 8.84. The Morgan fingerprint density at radius 1 is 0.731 bits per heavy atom. The predicted octanol–water partition coefficient (Wildman–Crippen LogP) is 3.34. The Kier molecular flexibility index (Phi) is 6.02. The van der Waals surface area contributed by atoms with Gasteiger partial charge in [-0.2, -0.15) is 10.2 Å². The molecule has 0 radical (unpaired) electrons. The van der Waals surface area contributed by atoms with Gasteiger partial charge >= 0.3 is 0 Å². The molecular weight excluding hydrogens is 368 g/mol. The highest BCUT2D eigenvalue weighted by Crippen LogP contribution is 2.07. The van der Waals surface area contributed by atoms with Gasteiger partial charge in [0.05, 0.1) is 12.4 Å². The number of nitrogens with zero attached hydrogens (tertiary/aromatic N) is 2. The Labute approximate surface area is 157 Å². The van der Waals surface area contributed by atoms with Crippen molar-refractivity contribution in [1.82, 2.24) is 10.9 Å². The topological polar surface area (TPSA) is 82.9 Å². The third-order valence-corrected chi connectivity index (χ3v) is 4.83. The van der Waals surface area contributed by atoms with E-state index in [2.05, 4.69) is 21.1 Å². The molecule has 2 amide bonds. The lowest BCUT2D eigenvalue weighted by Gasteiger charge is -2.02. The molecule has 2 aromatic heterocycles. The fraction of sp³-hybridized carbons (Fsp3) is 0. The average Bonchev–Trinajstić information content (AvgIpc) is 3.36. The highest BCUT2D eigenvalue weighted by atomic mass is 32.1. The Balaban J connectivity index is 1.53. The number of hydrazone groups is 2. The van der Waals surface area contributed by atoms with Crippen LogP contribution in [0.3, 0.4) is 0 Å². The lowest BCUT2D eigenvalue weighted by molar-refractivity contribution is 0.0943. The Morgan fingerprint density at radius 2 is 1.15 bits per heavy atom. The number of hydrogen-bond acceptors (Lipinski definition) is 6. The van der Waals surface area contributed by atoms with Gasteiger partial charge in [0.2, 0.25) is 0 Å². The van der Waals surface area contributed by atoms with Crippen LogP contribution in [0.25, 0.3) is 0 Å². The summed E-state index contributed by atoms with van der Waals surface area (Å²) in [6.07, 6.45) is 3.16. The van der Waals surface area contributed by atoms with Crippen molar-refractivity contribution in [3.05, 3.63) is 80.2 Å². The van der Waals surface area contributed by atoms with E-state index < -0.39 is 0 Å². The molecule has 0 unspecified atom stereocenters. The van der Waals surface area contributed by atoms with Crippen molar-refractivity contribution in [1.29, 1.82) is 0 Å². The van der Waals surface area contributed by atoms with Crippen LogP contribution < -0.4 is 10.9 Å². The Hall–Kier alpha value is -3.10. The van der Waals surface area contributed by atoms with Crippen LogP contribution in [0.5, 0.6) is 0 Å². The fourth-order valence-electron chi connectivity index (χ4n) is 1.94. The number of amides is 2. The van der Waals surface area contributed by atoms with Crippen LogP contribution in [-0.2, 0) is 0 Å². The summed E-state index contributed by atoms with van der Waals surface area (Å²) in [5.41, 5.74) is 5.72. The molecule has 130 valence electrons. The summed E-state index contributed by atoms with van der Waals surface area (Å²) in [6, 6.07) is 13.9. The van der Waals surface area contributed by atoms with Crippen molar-refractivity contribution in [3.63, 3.8) is 0 Å². The molecule has 6 nitrogen and oxygen atoms in total. The molecule has 0 atom stereocenters. The van der Waals surface area contributed by atoms with E-state index in [1.54, 1.807) is 36.7 Å². The van der Waals surface area contributed by atoms with E-state index in [0.717, 1.165) is 9.75 Å². The van der Waals surface area contributed by atoms with Gasteiger partial charge in [0.1, 0.15) is 0 Å². The Morgan fingerprint density at radius 3 is 1.50 bits per heavy atom. The fourth-order valence-corrected chi connectivity index (χ4v) is 3.11. The monoisotopic (exact) mass is 382 g/mol. The highest BCUT2D eigenvalue weighted by molar-refractivity contribution is 7.12. The minimum Gasteiger partial charge on any atom is -0.267 e. The summed E-state index contributed by atoms with van der Waals surface area (Å²) in [7, 11) is 0. The minimum absolute atomic E-state index is 0.347. The van der Waals surface area contributed by atoms with E-state index in [-0.39, 0.29) is 11.8 Å². The second-order valence-corrected chi connectivity index (χ2v) is 6.96. The molecule has 3 rings (SSSR count). The first kappa shape index (κ1) is 17.7. The van der Waals surface area contributed by atoms with Crippen LogP contribution >= 0.6 is 22.7 Å². The number of thiophene rings is 2. The lowest BCUT2D eigenvalue weighted by atomic mass is 10.1. The van der Waals surface area contributed by atoms with Crippen LogP contribution in [0.2, 0.25) is 0 Å². The summed E-state index contributed by atoms with van der Waals surface area (Å²) in [6.45, 7) is 0. The van der Waals surface area contributed by atoms with Crippen molar-refractivity contribution in [3.8, 4) is 0 Å². The smallest absolute Gasteiger partial charge is 0.267 e. The summed E-state index contributed by atoms with van der Waals surface area (Å²) >= 11 is 3.05. The van der Waals surface area contributed by atoms with Crippen molar-refractivity contribution in [2.75, 3.05) is 0 Å². The summed E-state index contributed by atoms with van der Waals surface area (Å²) in [4.78, 5) is 25.9. The molecule has 0 aliphatic heterocycles. The predicted molar refractivity (Wildman–Crippen MR) is 105 cm³/mol. The van der Waals surface area contributed by atoms with Crippen LogP contribution in [0, 0.1) is 0 Å². The molecule has 0 saturated heterocycles. The Bertz CT molecular complexity index is 838. The summed E-state index contributed by atoms with van der Waals surface area (Å²) < 4.78 is 0. The number of carbonyl (C=O) groups is 2. The van der Waals surface area contributed by atoms with Crippen molar-refractivity contribution in [2.24, 2.45) is 10.2 Å². The maximum Gasteiger partial charge on any atom is 0.271 e. The molecule has 8 heteroatoms. The van der Waals surface area contributed by atoms with Crippen molar-refractivity contribution >= 4 is 46.9 Å². The standard InChI is InChI=1S/C18H14N4O2S2/c23-17(21-19-11-15-3-1-9-25-15)13-5-7-14(8-6-13)18(24)22-20-12-16-4-2-10-26-16/h1-12H,(H,21,23)(H,22,24)/b19-11-,20-12-. The first-order valence-corrected chi connectivity index (χ1v) is 9.32. The minimum atomic E-state index is -0.347. The molecule has 0 aliphatic rings. The molecule has 2 heterocycles. The van der Waals surface area contributed by atoms with Gasteiger partial charge in [-0.25, -0.2) is 10.9 Å². The number of nitrogens with one attached hydrogen (secondary N) is 2. The van der Waals surface area contributed by atoms with Gasteiger partial charge in [0.15, 0.2) is 0 Å². The van der Waals surface area contributed by atoms with E-state index in [9.17, 15) is 9.59 Å². The normalized spacial score (nSPS) is 11.1. The lowest BCUT2D eigenvalue weighted by Crippen LogP contribution is -2.19. The quantitative estimate of drug-likeness (QED) is 0.506. The van der Waals surface area contributed by atoms with Gasteiger partial charge in [-0.1, -0.05) is 12.1 Å². The maximum absolute atomic E-state index is 12.0. The van der Waals surface area contributed by atoms with E-state index >= 15 is 0 Å². The summed E-state index contributed by atoms with van der Waals surface area (Å²) in [5.74, 6) is -0.694. The number of hydrogen-bond donors (Lipinski definition) is 2. The molecule has 3 aromatic rings. The van der Waals surface area contributed by atoms with Crippen LogP contribution in [0.1, 0.15) is 30.5 Å². The molecule has 0 saturated carbocycles. The average molecular weight is 382 g/mol. The van der Waals surface area contributed by atoms with Gasteiger partial charge < -0.3 is 0 Å². The largest absolute Gasteiger partial charge is 0.271 e. The first-order chi connectivity index (χ1) is 12.7. The van der Waals surface area contributed by atoms with Gasteiger partial charge in [0.25, 0.3) is 11.8 Å². The second-order valence-electron chi connectivity index (χ2n) is 5.01. The number of carbonyl (C=O) groups excluding carboxylic acids is 2. The van der Waals surface area contributed by atoms with E-state index in [0.29, 0.717) is 11.1 Å². The molecule has 2 N–H and O–H groups in total. The molecule has 0 aliphatic carbocycles. The third kappa shape index (κ3) is 4.95. The zero-order chi connectivity index (χ0) is 18.2.